The number of piperidine rings is 1. The fraction of sp³-hybridized carbons (Fsp3) is 0.650. The van der Waals surface area contributed by atoms with E-state index in [2.05, 4.69) is 23.7 Å². The smallest absolute Gasteiger partial charge is 0.303 e. The van der Waals surface area contributed by atoms with Crippen LogP contribution in [0.15, 0.2) is 18.3 Å². The number of pyridine rings is 1. The zero-order valence-electron chi connectivity index (χ0n) is 16.1. The largest absolute Gasteiger partial charge is 0.481 e. The summed E-state index contributed by atoms with van der Waals surface area (Å²) < 4.78 is 5.79. The Morgan fingerprint density at radius 1 is 1.26 bits per heavy atom. The Morgan fingerprint density at radius 3 is 2.70 bits per heavy atom. The number of carboxylic acid groups (broad SMARTS) is 1. The van der Waals surface area contributed by atoms with Crippen molar-refractivity contribution >= 4 is 17.6 Å². The molecule has 3 rings (SSSR count). The zero-order chi connectivity index (χ0) is 19.4. The number of hydrogen-bond donors (Lipinski definition) is 1. The fourth-order valence-electron chi connectivity index (χ4n) is 4.13. The van der Waals surface area contributed by atoms with Gasteiger partial charge in [0.05, 0.1) is 12.2 Å². The molecule has 1 amide bonds. The molecule has 2 aliphatic rings. The number of likely N-dealkylation sites (tertiary alicyclic amines) is 1. The molecular weight excluding hydrogens is 346 g/mol. The van der Waals surface area contributed by atoms with Gasteiger partial charge < -0.3 is 19.6 Å². The Hall–Kier alpha value is -2.15. The Balaban J connectivity index is 1.74. The molecule has 148 valence electrons. The van der Waals surface area contributed by atoms with Crippen molar-refractivity contribution in [2.75, 3.05) is 24.5 Å². The van der Waals surface area contributed by atoms with Crippen LogP contribution in [0.25, 0.3) is 0 Å². The van der Waals surface area contributed by atoms with Gasteiger partial charge >= 0.3 is 5.97 Å². The summed E-state index contributed by atoms with van der Waals surface area (Å²) >= 11 is 0. The summed E-state index contributed by atoms with van der Waals surface area (Å²) in [7, 11) is 0. The van der Waals surface area contributed by atoms with E-state index in [1.165, 1.54) is 0 Å². The van der Waals surface area contributed by atoms with E-state index in [-0.39, 0.29) is 30.6 Å². The molecule has 3 unspecified atom stereocenters. The second kappa shape index (κ2) is 8.69. The first-order chi connectivity index (χ1) is 12.9. The molecule has 1 aromatic heterocycles. The number of hydrogen-bond acceptors (Lipinski definition) is 5. The number of amides is 1. The molecule has 0 aromatic carbocycles. The first-order valence-corrected chi connectivity index (χ1v) is 9.83. The lowest BCUT2D eigenvalue weighted by atomic mass is 9.97. The summed E-state index contributed by atoms with van der Waals surface area (Å²) in [6.07, 6.45) is 5.40. The van der Waals surface area contributed by atoms with Gasteiger partial charge in [0.1, 0.15) is 5.69 Å². The van der Waals surface area contributed by atoms with E-state index in [1.807, 2.05) is 17.0 Å². The summed E-state index contributed by atoms with van der Waals surface area (Å²) in [6.45, 7) is 6.34. The molecule has 0 spiro atoms. The van der Waals surface area contributed by atoms with Gasteiger partial charge in [0, 0.05) is 44.0 Å². The van der Waals surface area contributed by atoms with Gasteiger partial charge in [-0.25, -0.2) is 0 Å². The molecule has 0 bridgehead atoms. The first-order valence-electron chi connectivity index (χ1n) is 9.83. The zero-order valence-corrected chi connectivity index (χ0v) is 16.1. The molecule has 1 N–H and O–H groups in total. The maximum Gasteiger partial charge on any atom is 0.303 e. The minimum absolute atomic E-state index is 0.0174. The van der Waals surface area contributed by atoms with Crippen LogP contribution in [0.1, 0.15) is 56.4 Å². The molecule has 1 aromatic rings. The van der Waals surface area contributed by atoms with Crippen molar-refractivity contribution in [1.29, 1.82) is 0 Å². The van der Waals surface area contributed by atoms with Gasteiger partial charge in [-0.3, -0.25) is 14.6 Å². The number of rotatable bonds is 5. The summed E-state index contributed by atoms with van der Waals surface area (Å²) in [4.78, 5) is 32.4. The van der Waals surface area contributed by atoms with Crippen molar-refractivity contribution in [3.05, 3.63) is 24.0 Å². The summed E-state index contributed by atoms with van der Waals surface area (Å²) in [5, 5.41) is 8.98. The molecule has 3 heterocycles. The topological polar surface area (TPSA) is 83.0 Å². The molecule has 2 saturated heterocycles. The van der Waals surface area contributed by atoms with Crippen molar-refractivity contribution in [3.8, 4) is 0 Å². The maximum absolute atomic E-state index is 13.1. The van der Waals surface area contributed by atoms with E-state index < -0.39 is 5.97 Å². The SMILES string of the molecule is CC1CN(c2ccnc(C(=O)N3CCCCC3CCC(=O)O)c2)CC(C)O1. The summed E-state index contributed by atoms with van der Waals surface area (Å²) in [5.41, 5.74) is 1.41. The second-order valence-corrected chi connectivity index (χ2v) is 7.64. The number of carbonyl (C=O) groups excluding carboxylic acids is 1. The number of aromatic nitrogens is 1. The predicted octanol–water partition coefficient (Wildman–Crippen LogP) is 2.55. The number of nitrogens with zero attached hydrogens (tertiary/aromatic N) is 3. The molecule has 7 nitrogen and oxygen atoms in total. The van der Waals surface area contributed by atoms with E-state index in [0.29, 0.717) is 18.7 Å². The van der Waals surface area contributed by atoms with E-state index in [4.69, 9.17) is 9.84 Å². The molecule has 3 atom stereocenters. The number of morpholine rings is 1. The quantitative estimate of drug-likeness (QED) is 0.852. The second-order valence-electron chi connectivity index (χ2n) is 7.64. The van der Waals surface area contributed by atoms with Crippen LogP contribution >= 0.6 is 0 Å². The number of aliphatic carboxylic acids is 1. The molecule has 0 radical (unpaired) electrons. The van der Waals surface area contributed by atoms with Gasteiger partial charge in [-0.05, 0) is 51.7 Å². The van der Waals surface area contributed by atoms with Crippen LogP contribution in [0.2, 0.25) is 0 Å². The fourth-order valence-corrected chi connectivity index (χ4v) is 4.13. The van der Waals surface area contributed by atoms with Crippen molar-refractivity contribution in [3.63, 3.8) is 0 Å². The molecular formula is C20H29N3O4. The molecule has 7 heteroatoms. The average molecular weight is 375 g/mol. The Bertz CT molecular complexity index is 671. The first kappa shape index (κ1) is 19.6. The van der Waals surface area contributed by atoms with Gasteiger partial charge in [-0.2, -0.15) is 0 Å². The average Bonchev–Trinajstić information content (AvgIpc) is 2.65. The van der Waals surface area contributed by atoms with Crippen LogP contribution in [0.4, 0.5) is 5.69 Å². The lowest BCUT2D eigenvalue weighted by Gasteiger charge is -2.37. The van der Waals surface area contributed by atoms with Gasteiger partial charge in [0.15, 0.2) is 0 Å². The van der Waals surface area contributed by atoms with E-state index in [0.717, 1.165) is 38.0 Å². The van der Waals surface area contributed by atoms with Crippen molar-refractivity contribution in [2.45, 2.75) is 64.2 Å². The maximum atomic E-state index is 13.1. The summed E-state index contributed by atoms with van der Waals surface area (Å²) in [6, 6.07) is 3.77. The highest BCUT2D eigenvalue weighted by molar-refractivity contribution is 5.93. The van der Waals surface area contributed by atoms with Crippen LogP contribution in [-0.4, -0.2) is 64.8 Å². The van der Waals surface area contributed by atoms with Gasteiger partial charge in [-0.1, -0.05) is 0 Å². The van der Waals surface area contributed by atoms with Gasteiger partial charge in [-0.15, -0.1) is 0 Å². The Labute approximate surface area is 160 Å². The third kappa shape index (κ3) is 4.97. The lowest BCUT2D eigenvalue weighted by molar-refractivity contribution is -0.137. The van der Waals surface area contributed by atoms with E-state index in [1.54, 1.807) is 6.20 Å². The summed E-state index contributed by atoms with van der Waals surface area (Å²) in [5.74, 6) is -0.912. The monoisotopic (exact) mass is 375 g/mol. The molecule has 0 aliphatic carbocycles. The van der Waals surface area contributed by atoms with Crippen molar-refractivity contribution in [2.24, 2.45) is 0 Å². The van der Waals surface area contributed by atoms with Crippen molar-refractivity contribution < 1.29 is 19.4 Å². The van der Waals surface area contributed by atoms with Gasteiger partial charge in [0.2, 0.25) is 0 Å². The third-order valence-corrected chi connectivity index (χ3v) is 5.33. The van der Waals surface area contributed by atoms with Crippen molar-refractivity contribution in [1.82, 2.24) is 9.88 Å². The normalized spacial score (nSPS) is 26.1. The Morgan fingerprint density at radius 2 is 2.00 bits per heavy atom. The standard InChI is InChI=1S/C20H29N3O4/c1-14-12-22(13-15(2)27-14)17-8-9-21-18(11-17)20(26)23-10-4-3-5-16(23)6-7-19(24)25/h8-9,11,14-16H,3-7,10,12-13H2,1-2H3,(H,24,25). The Kier molecular flexibility index (Phi) is 6.31. The van der Waals surface area contributed by atoms with Crippen LogP contribution in [0.5, 0.6) is 0 Å². The van der Waals surface area contributed by atoms with E-state index >= 15 is 0 Å². The molecule has 27 heavy (non-hydrogen) atoms. The highest BCUT2D eigenvalue weighted by atomic mass is 16.5. The molecule has 2 aliphatic heterocycles. The minimum Gasteiger partial charge on any atom is -0.481 e. The van der Waals surface area contributed by atoms with E-state index in [9.17, 15) is 9.59 Å². The minimum atomic E-state index is -0.816. The lowest BCUT2D eigenvalue weighted by Crippen LogP contribution is -2.46. The van der Waals surface area contributed by atoms with Gasteiger partial charge in [0.25, 0.3) is 5.91 Å². The highest BCUT2D eigenvalue weighted by Crippen LogP contribution is 2.25. The van der Waals surface area contributed by atoms with Crippen LogP contribution in [0.3, 0.4) is 0 Å². The predicted molar refractivity (Wildman–Crippen MR) is 102 cm³/mol. The van der Waals surface area contributed by atoms with Crippen LogP contribution in [0, 0.1) is 0 Å². The number of ether oxygens (including phenoxy) is 1. The highest BCUT2D eigenvalue weighted by Gasteiger charge is 2.29. The molecule has 0 saturated carbocycles. The third-order valence-electron chi connectivity index (χ3n) is 5.33. The number of carbonyl (C=O) groups is 2. The van der Waals surface area contributed by atoms with Crippen LogP contribution < -0.4 is 4.90 Å². The van der Waals surface area contributed by atoms with Crippen LogP contribution in [-0.2, 0) is 9.53 Å². The number of anilines is 1. The molecule has 2 fully saturated rings. The number of carboxylic acids is 1.